The van der Waals surface area contributed by atoms with Crippen LogP contribution in [0.1, 0.15) is 23.5 Å². The fourth-order valence-electron chi connectivity index (χ4n) is 3.81. The fraction of sp³-hybridized carbons (Fsp3) is 0.429. The minimum atomic E-state index is -1.12. The van der Waals surface area contributed by atoms with Gasteiger partial charge >= 0.3 is 5.97 Å². The minimum Gasteiger partial charge on any atom is -0.481 e. The van der Waals surface area contributed by atoms with E-state index in [0.717, 1.165) is 5.01 Å². The summed E-state index contributed by atoms with van der Waals surface area (Å²) in [5.41, 5.74) is 6.08. The molecule has 0 radical (unpaired) electrons. The number of thioether (sulfide) groups is 2. The van der Waals surface area contributed by atoms with Gasteiger partial charge in [0.25, 0.3) is 0 Å². The molecule has 3 heterocycles. The van der Waals surface area contributed by atoms with Crippen molar-refractivity contribution >= 4 is 64.2 Å². The van der Waals surface area contributed by atoms with Crippen molar-refractivity contribution in [1.82, 2.24) is 20.4 Å². The summed E-state index contributed by atoms with van der Waals surface area (Å²) in [7, 11) is 0. The molecular weight excluding hydrogens is 512 g/mol. The van der Waals surface area contributed by atoms with Crippen molar-refractivity contribution in [3.05, 3.63) is 34.8 Å². The highest BCUT2D eigenvalue weighted by Gasteiger charge is 2.57. The molecule has 2 aliphatic heterocycles. The number of anilines is 1. The van der Waals surface area contributed by atoms with Crippen LogP contribution in [0.5, 0.6) is 0 Å². The summed E-state index contributed by atoms with van der Waals surface area (Å²) >= 11 is 4.06. The number of aryl methyl sites for hydroxylation is 1. The normalized spacial score (nSPS) is 24.2. The Kier molecular flexibility index (Phi) is 7.35. The highest BCUT2D eigenvalue weighted by Crippen LogP contribution is 2.44. The zero-order chi connectivity index (χ0) is 25.3. The molecule has 35 heavy (non-hydrogen) atoms. The molecule has 0 bridgehead atoms. The lowest BCUT2D eigenvalue weighted by atomic mass is 9.89. The van der Waals surface area contributed by atoms with E-state index < -0.39 is 29.4 Å². The van der Waals surface area contributed by atoms with Crippen LogP contribution in [0.4, 0.5) is 5.69 Å². The van der Waals surface area contributed by atoms with E-state index in [9.17, 15) is 24.3 Å². The van der Waals surface area contributed by atoms with Gasteiger partial charge in [-0.05, 0) is 24.6 Å². The van der Waals surface area contributed by atoms with E-state index in [1.54, 1.807) is 24.3 Å². The van der Waals surface area contributed by atoms with Crippen LogP contribution >= 0.6 is 34.9 Å². The number of aromatic nitrogens is 2. The molecule has 2 aliphatic rings. The van der Waals surface area contributed by atoms with E-state index in [0.29, 0.717) is 21.3 Å². The Morgan fingerprint density at radius 1 is 1.31 bits per heavy atom. The van der Waals surface area contributed by atoms with E-state index in [4.69, 9.17) is 5.73 Å². The molecule has 2 aromatic rings. The van der Waals surface area contributed by atoms with E-state index in [2.05, 4.69) is 20.8 Å². The summed E-state index contributed by atoms with van der Waals surface area (Å²) in [5.74, 6) is -1.46. The van der Waals surface area contributed by atoms with Crippen LogP contribution in [0.3, 0.4) is 0 Å². The van der Waals surface area contributed by atoms with Crippen LogP contribution in [0, 0.1) is 12.3 Å². The number of hydrogen-bond donors (Lipinski definition) is 4. The number of nitrogens with two attached hydrogens (primary N) is 1. The highest BCUT2D eigenvalue weighted by atomic mass is 32.2. The Morgan fingerprint density at radius 3 is 2.63 bits per heavy atom. The van der Waals surface area contributed by atoms with Crippen LogP contribution in [0.25, 0.3) is 0 Å². The Bertz CT molecular complexity index is 1160. The molecule has 4 atom stereocenters. The number of β-lactam (4-membered cyclic amide) rings is 1. The molecule has 0 saturated carbocycles. The van der Waals surface area contributed by atoms with Gasteiger partial charge in [-0.3, -0.25) is 19.2 Å². The molecule has 186 valence electrons. The van der Waals surface area contributed by atoms with Gasteiger partial charge in [-0.1, -0.05) is 35.2 Å². The molecule has 3 amide bonds. The molecule has 5 N–H and O–H groups in total. The summed E-state index contributed by atoms with van der Waals surface area (Å²) in [6.07, 6.45) is 0. The number of nitrogens with zero attached hydrogens (tertiary/aromatic N) is 3. The first kappa shape index (κ1) is 25.4. The monoisotopic (exact) mass is 536 g/mol. The van der Waals surface area contributed by atoms with Crippen molar-refractivity contribution in [2.45, 2.75) is 35.6 Å². The predicted molar refractivity (Wildman–Crippen MR) is 133 cm³/mol. The quantitative estimate of drug-likeness (QED) is 0.283. The van der Waals surface area contributed by atoms with E-state index in [1.165, 1.54) is 46.7 Å². The Balaban J connectivity index is 1.36. The number of benzene rings is 1. The van der Waals surface area contributed by atoms with Gasteiger partial charge in [0, 0.05) is 30.7 Å². The summed E-state index contributed by atoms with van der Waals surface area (Å²) < 4.78 is 0.689. The average molecular weight is 537 g/mol. The second-order valence-electron chi connectivity index (χ2n) is 8.40. The lowest BCUT2D eigenvalue weighted by Gasteiger charge is -2.53. The molecule has 1 aromatic carbocycles. The topological polar surface area (TPSA) is 168 Å². The number of carbonyl (C=O) groups excluding carboxylic acids is 3. The van der Waals surface area contributed by atoms with Crippen LogP contribution < -0.4 is 16.4 Å². The number of carbonyl (C=O) groups is 4. The lowest BCUT2D eigenvalue weighted by Crippen LogP contribution is -2.74. The Labute approximate surface area is 213 Å². The summed E-state index contributed by atoms with van der Waals surface area (Å²) in [4.78, 5) is 50.4. The van der Waals surface area contributed by atoms with Crippen molar-refractivity contribution in [3.63, 3.8) is 0 Å². The molecule has 11 nitrogen and oxygen atoms in total. The standard InChI is InChI=1S/C21H24N6O5S3/c1-10(28)23-13-5-3-12(4-6-13)14(22)16(29)24-15-17(30)27-7-21(19(31)32,8-33-18(15)27)9-34-20-26-25-11(2)35-20/h3-6,14-15,18H,7-9,22H2,1-2H3,(H,23,28)(H,24,29)(H,31,32)/t14?,15?,18-,21?/m1/s1. The first-order valence-corrected chi connectivity index (χ1v) is 13.5. The minimum absolute atomic E-state index is 0.0622. The molecule has 3 unspecified atom stereocenters. The largest absolute Gasteiger partial charge is 0.481 e. The maximum atomic E-state index is 12.8. The molecule has 0 aliphatic carbocycles. The van der Waals surface area contributed by atoms with Gasteiger partial charge in [0.2, 0.25) is 17.7 Å². The third-order valence-electron chi connectivity index (χ3n) is 5.75. The Hall–Kier alpha value is -2.68. The van der Waals surface area contributed by atoms with Crippen LogP contribution in [0.15, 0.2) is 28.6 Å². The molecule has 0 spiro atoms. The van der Waals surface area contributed by atoms with Crippen molar-refractivity contribution in [3.8, 4) is 0 Å². The van der Waals surface area contributed by atoms with Crippen LogP contribution in [0.2, 0.25) is 0 Å². The second-order valence-corrected chi connectivity index (χ2v) is 11.9. The zero-order valence-electron chi connectivity index (χ0n) is 18.9. The smallest absolute Gasteiger partial charge is 0.313 e. The highest BCUT2D eigenvalue weighted by molar-refractivity contribution is 8.01. The van der Waals surface area contributed by atoms with Crippen LogP contribution in [-0.2, 0) is 19.2 Å². The fourth-order valence-corrected chi connectivity index (χ4v) is 7.49. The van der Waals surface area contributed by atoms with Gasteiger partial charge in [-0.2, -0.15) is 0 Å². The second kappa shape index (κ2) is 10.1. The number of amides is 3. The Morgan fingerprint density at radius 2 is 2.03 bits per heavy atom. The molecule has 4 rings (SSSR count). The summed E-state index contributed by atoms with van der Waals surface area (Å²) in [5, 5.41) is 23.7. The first-order chi connectivity index (χ1) is 16.6. The predicted octanol–water partition coefficient (Wildman–Crippen LogP) is 1.07. The maximum absolute atomic E-state index is 12.8. The molecular formula is C21H24N6O5S3. The molecule has 1 aromatic heterocycles. The number of rotatable bonds is 8. The number of carboxylic acid groups (broad SMARTS) is 1. The van der Waals surface area contributed by atoms with Gasteiger partial charge in [-0.25, -0.2) is 0 Å². The lowest BCUT2D eigenvalue weighted by molar-refractivity contribution is -0.157. The average Bonchev–Trinajstić information content (AvgIpc) is 3.25. The van der Waals surface area contributed by atoms with Gasteiger partial charge in [0.15, 0.2) is 4.34 Å². The van der Waals surface area contributed by atoms with E-state index in [-0.39, 0.29) is 29.5 Å². The number of nitrogens with one attached hydrogen (secondary N) is 2. The van der Waals surface area contributed by atoms with Gasteiger partial charge in [-0.15, -0.1) is 22.0 Å². The van der Waals surface area contributed by atoms with Gasteiger partial charge in [0.05, 0.1) is 0 Å². The maximum Gasteiger partial charge on any atom is 0.313 e. The summed E-state index contributed by atoms with van der Waals surface area (Å²) in [6.45, 7) is 3.29. The van der Waals surface area contributed by atoms with Crippen molar-refractivity contribution < 1.29 is 24.3 Å². The van der Waals surface area contributed by atoms with E-state index in [1.807, 2.05) is 6.92 Å². The number of hydrogen-bond acceptors (Lipinski definition) is 10. The number of carboxylic acids is 1. The van der Waals surface area contributed by atoms with E-state index >= 15 is 0 Å². The molecule has 14 heteroatoms. The third-order valence-corrected chi connectivity index (χ3v) is 9.60. The molecule has 2 fully saturated rings. The van der Waals surface area contributed by atoms with Gasteiger partial charge in [0.1, 0.15) is 27.9 Å². The van der Waals surface area contributed by atoms with Crippen molar-refractivity contribution in [2.75, 3.05) is 23.4 Å². The first-order valence-electron chi connectivity index (χ1n) is 10.6. The number of fused-ring (bicyclic) bond motifs is 1. The van der Waals surface area contributed by atoms with Crippen molar-refractivity contribution in [1.29, 1.82) is 0 Å². The van der Waals surface area contributed by atoms with Gasteiger partial charge < -0.3 is 26.4 Å². The summed E-state index contributed by atoms with van der Waals surface area (Å²) in [6, 6.07) is 4.80. The molecule has 2 saturated heterocycles. The third kappa shape index (κ3) is 5.29. The van der Waals surface area contributed by atoms with Crippen LogP contribution in [-0.4, -0.2) is 73.4 Å². The zero-order valence-corrected chi connectivity index (χ0v) is 21.3. The van der Waals surface area contributed by atoms with Crippen molar-refractivity contribution in [2.24, 2.45) is 11.1 Å². The SMILES string of the molecule is CC(=O)Nc1ccc(C(N)C(=O)NC2C(=O)N3CC(CSc4nnc(C)s4)(C(=O)O)CS[C@H]23)cc1. The number of aliphatic carboxylic acids is 1.